The molecule has 0 spiro atoms. The van der Waals surface area contributed by atoms with Gasteiger partial charge in [0, 0.05) is 18.0 Å². The molecular weight excluding hydrogens is 272 g/mol. The summed E-state index contributed by atoms with van der Waals surface area (Å²) in [7, 11) is 0. The van der Waals surface area contributed by atoms with E-state index in [0.717, 1.165) is 6.07 Å². The smallest absolute Gasteiger partial charge is 0.251 e. The Morgan fingerprint density at radius 1 is 1.06 bits per heavy atom. The van der Waals surface area contributed by atoms with Crippen LogP contribution in [0.5, 0.6) is 0 Å². The Bertz CT molecular complexity index is 583. The summed E-state index contributed by atoms with van der Waals surface area (Å²) in [6.45, 7) is 0. The molecular formula is C11H5ClF4N2. The van der Waals surface area contributed by atoms with Gasteiger partial charge in [-0.1, -0.05) is 11.6 Å². The predicted octanol–water partition coefficient (Wildman–Crippen LogP) is 3.95. The molecule has 94 valence electrons. The molecule has 0 saturated carbocycles. The molecule has 0 amide bonds. The summed E-state index contributed by atoms with van der Waals surface area (Å²) in [5.74, 6) is -1.34. The van der Waals surface area contributed by atoms with Gasteiger partial charge in [0.2, 0.25) is 0 Å². The molecule has 0 N–H and O–H groups in total. The van der Waals surface area contributed by atoms with Gasteiger partial charge < -0.3 is 0 Å². The normalized spacial score (nSPS) is 11.6. The summed E-state index contributed by atoms with van der Waals surface area (Å²) < 4.78 is 50.7. The highest BCUT2D eigenvalue weighted by atomic mass is 35.5. The molecule has 0 aliphatic rings. The lowest BCUT2D eigenvalue weighted by Crippen LogP contribution is -2.08. The topological polar surface area (TPSA) is 25.8 Å². The zero-order chi connectivity index (χ0) is 13.3. The van der Waals surface area contributed by atoms with Gasteiger partial charge in [-0.05, 0) is 18.2 Å². The first-order valence-corrected chi connectivity index (χ1v) is 5.11. The van der Waals surface area contributed by atoms with E-state index in [9.17, 15) is 17.6 Å². The zero-order valence-electron chi connectivity index (χ0n) is 8.67. The molecule has 18 heavy (non-hydrogen) atoms. The molecule has 1 aromatic heterocycles. The fourth-order valence-electron chi connectivity index (χ4n) is 1.40. The van der Waals surface area contributed by atoms with Crippen molar-refractivity contribution < 1.29 is 17.6 Å². The minimum absolute atomic E-state index is 0.0442. The van der Waals surface area contributed by atoms with E-state index in [2.05, 4.69) is 9.97 Å². The molecule has 2 aromatic rings. The van der Waals surface area contributed by atoms with Crippen LogP contribution in [0.4, 0.5) is 17.6 Å². The summed E-state index contributed by atoms with van der Waals surface area (Å²) in [4.78, 5) is 7.51. The maximum atomic E-state index is 13.1. The molecule has 0 saturated heterocycles. The molecule has 0 aliphatic heterocycles. The van der Waals surface area contributed by atoms with Gasteiger partial charge in [-0.25, -0.2) is 9.37 Å². The van der Waals surface area contributed by atoms with Crippen LogP contribution in [0.1, 0.15) is 5.56 Å². The maximum absolute atomic E-state index is 13.1. The van der Waals surface area contributed by atoms with Crippen molar-refractivity contribution >= 4 is 11.6 Å². The second-order valence-corrected chi connectivity index (χ2v) is 3.75. The summed E-state index contributed by atoms with van der Waals surface area (Å²) in [6.07, 6.45) is -2.17. The molecule has 0 bridgehead atoms. The molecule has 7 heteroatoms. The Morgan fingerprint density at radius 2 is 1.72 bits per heavy atom. The van der Waals surface area contributed by atoms with Crippen LogP contribution >= 0.6 is 11.6 Å². The van der Waals surface area contributed by atoms with Gasteiger partial charge in [-0.2, -0.15) is 13.2 Å². The van der Waals surface area contributed by atoms with E-state index in [1.807, 2.05) is 0 Å². The summed E-state index contributed by atoms with van der Waals surface area (Å²) >= 11 is 5.72. The van der Waals surface area contributed by atoms with Gasteiger partial charge in [0.1, 0.15) is 11.5 Å². The molecule has 1 aromatic carbocycles. The van der Waals surface area contributed by atoms with Crippen LogP contribution in [0, 0.1) is 5.82 Å². The maximum Gasteiger partial charge on any atom is 0.419 e. The summed E-state index contributed by atoms with van der Waals surface area (Å²) in [5.41, 5.74) is -1.23. The van der Waals surface area contributed by atoms with Crippen molar-refractivity contribution in [3.63, 3.8) is 0 Å². The second kappa shape index (κ2) is 4.53. The molecule has 2 nitrogen and oxygen atoms in total. The molecule has 0 aliphatic carbocycles. The standard InChI is InChI=1S/C11H5ClF4N2/c12-10-9(17-3-4-18-10)6-1-2-8(13)7(5-6)11(14,15)16/h1-5H. The Kier molecular flexibility index (Phi) is 3.21. The largest absolute Gasteiger partial charge is 0.419 e. The van der Waals surface area contributed by atoms with Crippen LogP contribution in [0.3, 0.4) is 0 Å². The zero-order valence-corrected chi connectivity index (χ0v) is 9.43. The van der Waals surface area contributed by atoms with Crippen molar-refractivity contribution in [1.82, 2.24) is 9.97 Å². The number of nitrogens with zero attached hydrogens (tertiary/aromatic N) is 2. The highest BCUT2D eigenvalue weighted by Gasteiger charge is 2.34. The van der Waals surface area contributed by atoms with E-state index in [1.165, 1.54) is 18.5 Å². The lowest BCUT2D eigenvalue weighted by Gasteiger charge is -2.10. The van der Waals surface area contributed by atoms with Gasteiger partial charge in [0.25, 0.3) is 0 Å². The number of hydrogen-bond donors (Lipinski definition) is 0. The molecule has 0 fully saturated rings. The van der Waals surface area contributed by atoms with E-state index >= 15 is 0 Å². The fraction of sp³-hybridized carbons (Fsp3) is 0.0909. The van der Waals surface area contributed by atoms with Crippen molar-refractivity contribution in [1.29, 1.82) is 0 Å². The minimum Gasteiger partial charge on any atom is -0.251 e. The van der Waals surface area contributed by atoms with Crippen molar-refractivity contribution in [3.8, 4) is 11.3 Å². The highest BCUT2D eigenvalue weighted by molar-refractivity contribution is 6.31. The predicted molar refractivity (Wildman–Crippen MR) is 57.4 cm³/mol. The average molecular weight is 277 g/mol. The second-order valence-electron chi connectivity index (χ2n) is 3.39. The van der Waals surface area contributed by atoms with Gasteiger partial charge >= 0.3 is 6.18 Å². The van der Waals surface area contributed by atoms with Crippen molar-refractivity contribution in [2.45, 2.75) is 6.18 Å². The quantitative estimate of drug-likeness (QED) is 0.737. The minimum atomic E-state index is -4.77. The van der Waals surface area contributed by atoms with E-state index in [-0.39, 0.29) is 16.4 Å². The van der Waals surface area contributed by atoms with Crippen LogP contribution in [-0.2, 0) is 6.18 Å². The lowest BCUT2D eigenvalue weighted by atomic mass is 10.1. The Labute approximate surface area is 104 Å². The van der Waals surface area contributed by atoms with Gasteiger partial charge in [0.05, 0.1) is 5.56 Å². The van der Waals surface area contributed by atoms with Crippen LogP contribution in [0.15, 0.2) is 30.6 Å². The molecule has 0 radical (unpaired) electrons. The fourth-order valence-corrected chi connectivity index (χ4v) is 1.62. The van der Waals surface area contributed by atoms with Crippen molar-refractivity contribution in [3.05, 3.63) is 47.1 Å². The van der Waals surface area contributed by atoms with E-state index in [1.54, 1.807) is 0 Å². The third-order valence-electron chi connectivity index (χ3n) is 2.20. The summed E-state index contributed by atoms with van der Waals surface area (Å²) in [6, 6.07) is 2.55. The van der Waals surface area contributed by atoms with Crippen LogP contribution in [-0.4, -0.2) is 9.97 Å². The van der Waals surface area contributed by atoms with Gasteiger partial charge in [0.15, 0.2) is 5.15 Å². The van der Waals surface area contributed by atoms with E-state index in [0.29, 0.717) is 6.07 Å². The number of aromatic nitrogens is 2. The van der Waals surface area contributed by atoms with Gasteiger partial charge in [-0.15, -0.1) is 0 Å². The van der Waals surface area contributed by atoms with E-state index in [4.69, 9.17) is 11.6 Å². The van der Waals surface area contributed by atoms with Crippen LogP contribution in [0.25, 0.3) is 11.3 Å². The van der Waals surface area contributed by atoms with Crippen LogP contribution in [0.2, 0.25) is 5.15 Å². The highest BCUT2D eigenvalue weighted by Crippen LogP contribution is 2.34. The number of hydrogen-bond acceptors (Lipinski definition) is 2. The molecule has 0 atom stereocenters. The first kappa shape index (κ1) is 12.8. The average Bonchev–Trinajstić information content (AvgIpc) is 2.29. The lowest BCUT2D eigenvalue weighted by molar-refractivity contribution is -0.139. The number of halogens is 5. The SMILES string of the molecule is Fc1ccc(-c2nccnc2Cl)cc1C(F)(F)F. The Morgan fingerprint density at radius 3 is 2.33 bits per heavy atom. The Balaban J connectivity index is 2.58. The number of rotatable bonds is 1. The number of alkyl halides is 3. The summed E-state index contributed by atoms with van der Waals surface area (Å²) in [5, 5.41) is -0.0442. The molecule has 2 rings (SSSR count). The van der Waals surface area contributed by atoms with E-state index < -0.39 is 17.6 Å². The van der Waals surface area contributed by atoms with Crippen molar-refractivity contribution in [2.24, 2.45) is 0 Å². The third-order valence-corrected chi connectivity index (χ3v) is 2.48. The van der Waals surface area contributed by atoms with Gasteiger partial charge in [-0.3, -0.25) is 4.98 Å². The monoisotopic (exact) mass is 276 g/mol. The van der Waals surface area contributed by atoms with Crippen molar-refractivity contribution in [2.75, 3.05) is 0 Å². The van der Waals surface area contributed by atoms with Crippen LogP contribution < -0.4 is 0 Å². The molecule has 0 unspecified atom stereocenters. The molecule has 1 heterocycles. The third kappa shape index (κ3) is 2.43. The Hall–Kier alpha value is -1.69. The first-order valence-electron chi connectivity index (χ1n) is 4.73. The first-order chi connectivity index (χ1) is 8.39. The number of benzene rings is 1.